The number of allylic oxidation sites excluding steroid dienone is 1. The molecule has 0 radical (unpaired) electrons. The summed E-state index contributed by atoms with van der Waals surface area (Å²) in [7, 11) is 2.05. The van der Waals surface area contributed by atoms with Crippen LogP contribution in [-0.4, -0.2) is 30.4 Å². The normalized spacial score (nSPS) is 19.1. The molecule has 0 unspecified atom stereocenters. The Balaban J connectivity index is 1.72. The molecule has 4 rings (SSSR count). The van der Waals surface area contributed by atoms with Crippen LogP contribution in [0.15, 0.2) is 54.1 Å². The lowest BCUT2D eigenvalue weighted by Gasteiger charge is -2.40. The third-order valence-corrected chi connectivity index (χ3v) is 6.26. The predicted molar refractivity (Wildman–Crippen MR) is 127 cm³/mol. The number of rotatable bonds is 3. The first kappa shape index (κ1) is 21.6. The molecule has 0 aromatic heterocycles. The zero-order valence-corrected chi connectivity index (χ0v) is 19.0. The number of aryl methyl sites for hydroxylation is 1. The Morgan fingerprint density at radius 1 is 1.03 bits per heavy atom. The highest BCUT2D eigenvalue weighted by atomic mass is 16.2. The monoisotopic (exact) mass is 429 g/mol. The van der Waals surface area contributed by atoms with Crippen molar-refractivity contribution in [2.24, 2.45) is 0 Å². The van der Waals surface area contributed by atoms with Gasteiger partial charge in [-0.2, -0.15) is 0 Å². The van der Waals surface area contributed by atoms with Crippen molar-refractivity contribution in [3.05, 3.63) is 70.8 Å². The molecule has 164 valence electrons. The molecule has 2 heterocycles. The quantitative estimate of drug-likeness (QED) is 0.574. The molecule has 2 aliphatic rings. The van der Waals surface area contributed by atoms with E-state index in [1.807, 2.05) is 44.3 Å². The lowest BCUT2D eigenvalue weighted by molar-refractivity contribution is -0.122. The van der Waals surface area contributed by atoms with Gasteiger partial charge in [-0.15, -0.1) is 0 Å². The van der Waals surface area contributed by atoms with Crippen LogP contribution < -0.4 is 15.1 Å². The number of nitrogens with zero attached hydrogens (tertiary/aromatic N) is 2. The van der Waals surface area contributed by atoms with Crippen molar-refractivity contribution in [2.75, 3.05) is 16.8 Å². The maximum absolute atomic E-state index is 13.2. The van der Waals surface area contributed by atoms with E-state index in [2.05, 4.69) is 37.1 Å². The molecular weight excluding hydrogens is 402 g/mol. The Kier molecular flexibility index (Phi) is 5.25. The highest BCUT2D eigenvalue weighted by Crippen LogP contribution is 2.38. The summed E-state index contributed by atoms with van der Waals surface area (Å²) < 4.78 is 0. The molecular formula is C26H27N3O3. The van der Waals surface area contributed by atoms with Gasteiger partial charge in [-0.3, -0.25) is 14.9 Å². The minimum absolute atomic E-state index is 0.0738. The molecule has 0 saturated carbocycles. The third kappa shape index (κ3) is 3.62. The largest absolute Gasteiger partial charge is 0.366 e. The topological polar surface area (TPSA) is 69.7 Å². The van der Waals surface area contributed by atoms with Crippen molar-refractivity contribution in [1.29, 1.82) is 0 Å². The van der Waals surface area contributed by atoms with Gasteiger partial charge >= 0.3 is 6.03 Å². The smallest absolute Gasteiger partial charge is 0.335 e. The van der Waals surface area contributed by atoms with E-state index in [0.717, 1.165) is 39.3 Å². The molecule has 0 bridgehead atoms. The molecule has 2 aromatic carbocycles. The van der Waals surface area contributed by atoms with E-state index in [-0.39, 0.29) is 11.1 Å². The summed E-state index contributed by atoms with van der Waals surface area (Å²) in [6.07, 6.45) is 4.60. The van der Waals surface area contributed by atoms with Gasteiger partial charge in [0.05, 0.1) is 11.2 Å². The average molecular weight is 430 g/mol. The van der Waals surface area contributed by atoms with Gasteiger partial charge in [-0.25, -0.2) is 9.69 Å². The number of likely N-dealkylation sites (N-methyl/N-ethyl adjacent to an activating group) is 1. The number of anilines is 2. The van der Waals surface area contributed by atoms with Gasteiger partial charge in [0.25, 0.3) is 11.8 Å². The van der Waals surface area contributed by atoms with Crippen LogP contribution in [0.4, 0.5) is 16.2 Å². The second-order valence-electron chi connectivity index (χ2n) is 8.79. The lowest BCUT2D eigenvalue weighted by atomic mass is 9.88. The summed E-state index contributed by atoms with van der Waals surface area (Å²) in [5.41, 5.74) is 5.33. The van der Waals surface area contributed by atoms with Gasteiger partial charge in [0.15, 0.2) is 0 Å². The van der Waals surface area contributed by atoms with Gasteiger partial charge in [0.1, 0.15) is 5.57 Å². The van der Waals surface area contributed by atoms with E-state index in [0.29, 0.717) is 5.69 Å². The van der Waals surface area contributed by atoms with Crippen molar-refractivity contribution in [3.8, 4) is 0 Å². The van der Waals surface area contributed by atoms with E-state index < -0.39 is 17.8 Å². The standard InChI is InChI=1S/C26H27N3O3/c1-6-17-7-10-19(11-8-17)29-24(31)21(23(30)27-25(29)32)14-18-9-12-22-20(13-18)16(2)15-26(3,4)28(22)5/h7-15H,6H2,1-5H3,(H,27,30,32)/b21-14+. The molecule has 2 aliphatic heterocycles. The molecule has 0 atom stereocenters. The molecule has 2 aromatic rings. The Morgan fingerprint density at radius 2 is 1.72 bits per heavy atom. The Labute approximate surface area is 188 Å². The van der Waals surface area contributed by atoms with Crippen LogP contribution in [0.1, 0.15) is 44.4 Å². The number of barbiturate groups is 1. The third-order valence-electron chi connectivity index (χ3n) is 6.26. The number of carbonyl (C=O) groups excluding carboxylic acids is 3. The van der Waals surface area contributed by atoms with Gasteiger partial charge in [0, 0.05) is 18.3 Å². The maximum Gasteiger partial charge on any atom is 0.335 e. The van der Waals surface area contributed by atoms with E-state index >= 15 is 0 Å². The average Bonchev–Trinajstić information content (AvgIpc) is 2.75. The van der Waals surface area contributed by atoms with Gasteiger partial charge in [-0.1, -0.05) is 31.2 Å². The first-order valence-electron chi connectivity index (χ1n) is 10.7. The summed E-state index contributed by atoms with van der Waals surface area (Å²) >= 11 is 0. The SMILES string of the molecule is CCc1ccc(N2C(=O)NC(=O)/C(=C\c3ccc4c(c3)C(C)=CC(C)(C)N4C)C2=O)cc1. The second-order valence-corrected chi connectivity index (χ2v) is 8.79. The van der Waals surface area contributed by atoms with Crippen LogP contribution in [0, 0.1) is 0 Å². The molecule has 1 N–H and O–H groups in total. The van der Waals surface area contributed by atoms with Crippen molar-refractivity contribution in [1.82, 2.24) is 5.32 Å². The van der Waals surface area contributed by atoms with E-state index in [4.69, 9.17) is 0 Å². The zero-order chi connectivity index (χ0) is 23.2. The van der Waals surface area contributed by atoms with Crippen molar-refractivity contribution >= 4 is 40.9 Å². The Bertz CT molecular complexity index is 1190. The number of amides is 4. The van der Waals surface area contributed by atoms with E-state index in [1.54, 1.807) is 18.2 Å². The summed E-state index contributed by atoms with van der Waals surface area (Å²) in [6.45, 7) is 8.39. The predicted octanol–water partition coefficient (Wildman–Crippen LogP) is 4.55. The highest BCUT2D eigenvalue weighted by molar-refractivity contribution is 6.39. The first-order valence-corrected chi connectivity index (χ1v) is 10.7. The summed E-state index contributed by atoms with van der Waals surface area (Å²) in [5.74, 6) is -1.32. The van der Waals surface area contributed by atoms with Crippen LogP contribution in [0.2, 0.25) is 0 Å². The minimum Gasteiger partial charge on any atom is -0.366 e. The van der Waals surface area contributed by atoms with Crippen LogP contribution in [0.3, 0.4) is 0 Å². The molecule has 32 heavy (non-hydrogen) atoms. The number of fused-ring (bicyclic) bond motifs is 1. The fraction of sp³-hybridized carbons (Fsp3) is 0.269. The van der Waals surface area contributed by atoms with Gasteiger partial charge in [0.2, 0.25) is 0 Å². The molecule has 0 aliphatic carbocycles. The zero-order valence-electron chi connectivity index (χ0n) is 19.0. The van der Waals surface area contributed by atoms with Gasteiger partial charge < -0.3 is 4.90 Å². The van der Waals surface area contributed by atoms with E-state index in [9.17, 15) is 14.4 Å². The molecule has 6 nitrogen and oxygen atoms in total. The number of hydrogen-bond donors (Lipinski definition) is 1. The Morgan fingerprint density at radius 3 is 2.38 bits per heavy atom. The second kappa shape index (κ2) is 7.79. The number of carbonyl (C=O) groups is 3. The molecule has 6 heteroatoms. The number of benzene rings is 2. The Hall–Kier alpha value is -3.67. The lowest BCUT2D eigenvalue weighted by Crippen LogP contribution is -2.54. The van der Waals surface area contributed by atoms with Crippen LogP contribution in [0.25, 0.3) is 11.6 Å². The molecule has 4 amide bonds. The molecule has 1 saturated heterocycles. The summed E-state index contributed by atoms with van der Waals surface area (Å²) in [4.78, 5) is 41.3. The van der Waals surface area contributed by atoms with Crippen molar-refractivity contribution < 1.29 is 14.4 Å². The molecule has 1 fully saturated rings. The van der Waals surface area contributed by atoms with E-state index in [1.165, 1.54) is 0 Å². The van der Waals surface area contributed by atoms with Crippen molar-refractivity contribution in [3.63, 3.8) is 0 Å². The fourth-order valence-electron chi connectivity index (χ4n) is 4.21. The number of nitrogens with one attached hydrogen (secondary N) is 1. The maximum atomic E-state index is 13.2. The van der Waals surface area contributed by atoms with Crippen LogP contribution >= 0.6 is 0 Å². The fourth-order valence-corrected chi connectivity index (χ4v) is 4.21. The summed E-state index contributed by atoms with van der Waals surface area (Å²) in [5, 5.41) is 2.29. The van der Waals surface area contributed by atoms with Crippen LogP contribution in [0.5, 0.6) is 0 Å². The van der Waals surface area contributed by atoms with Gasteiger partial charge in [-0.05, 0) is 74.2 Å². The number of hydrogen-bond acceptors (Lipinski definition) is 4. The van der Waals surface area contributed by atoms with Crippen molar-refractivity contribution in [2.45, 2.75) is 39.7 Å². The number of imide groups is 2. The minimum atomic E-state index is -0.741. The molecule has 0 spiro atoms. The first-order chi connectivity index (χ1) is 15.1. The van der Waals surface area contributed by atoms with Crippen LogP contribution in [-0.2, 0) is 16.0 Å². The number of urea groups is 1. The summed E-state index contributed by atoms with van der Waals surface area (Å²) in [6, 6.07) is 12.3. The highest BCUT2D eigenvalue weighted by Gasteiger charge is 2.37.